The molecule has 3 N–H and O–H groups in total. The number of hydrogen-bond acceptors (Lipinski definition) is 6. The van der Waals surface area contributed by atoms with E-state index in [9.17, 15) is 9.18 Å². The lowest BCUT2D eigenvalue weighted by atomic mass is 9.96. The second-order valence-corrected chi connectivity index (χ2v) is 10.0. The van der Waals surface area contributed by atoms with Gasteiger partial charge in [-0.2, -0.15) is 0 Å². The average molecular weight is 459 g/mol. The van der Waals surface area contributed by atoms with E-state index in [-0.39, 0.29) is 17.6 Å². The zero-order valence-electron chi connectivity index (χ0n) is 17.7. The summed E-state index contributed by atoms with van der Waals surface area (Å²) in [6.07, 6.45) is 2.12. The number of carbonyl (C=O) groups is 1. The van der Waals surface area contributed by atoms with Gasteiger partial charge in [-0.25, -0.2) is 9.37 Å². The molecule has 8 heteroatoms. The predicted octanol–water partition coefficient (Wildman–Crippen LogP) is 5.56. The number of nitrogens with two attached hydrogens (primary N) is 1. The van der Waals surface area contributed by atoms with Crippen LogP contribution in [0.5, 0.6) is 0 Å². The summed E-state index contributed by atoms with van der Waals surface area (Å²) in [5, 5.41) is 7.45. The number of nitrogens with zero attached hydrogens (tertiary/aromatic N) is 2. The number of piperidine rings is 1. The monoisotopic (exact) mass is 458 g/mol. The van der Waals surface area contributed by atoms with Gasteiger partial charge in [-0.05, 0) is 60.4 Å². The number of benzene rings is 1. The molecule has 1 aliphatic rings. The molecule has 0 bridgehead atoms. The van der Waals surface area contributed by atoms with E-state index in [1.54, 1.807) is 16.7 Å². The van der Waals surface area contributed by atoms with Gasteiger partial charge in [0.1, 0.15) is 16.5 Å². The van der Waals surface area contributed by atoms with E-state index in [0.717, 1.165) is 41.5 Å². The highest BCUT2D eigenvalue weighted by molar-refractivity contribution is 7.20. The third-order valence-corrected chi connectivity index (χ3v) is 7.53. The summed E-state index contributed by atoms with van der Waals surface area (Å²) in [5.41, 5.74) is 8.24. The molecule has 1 atom stereocenters. The fourth-order valence-electron chi connectivity index (χ4n) is 3.94. The van der Waals surface area contributed by atoms with Crippen molar-refractivity contribution in [3.63, 3.8) is 0 Å². The van der Waals surface area contributed by atoms with Crippen molar-refractivity contribution in [2.24, 2.45) is 11.7 Å². The average Bonchev–Trinajstić information content (AvgIpc) is 3.45. The van der Waals surface area contributed by atoms with E-state index in [0.29, 0.717) is 29.4 Å². The molecule has 2 aromatic heterocycles. The van der Waals surface area contributed by atoms with Crippen molar-refractivity contribution in [1.29, 1.82) is 0 Å². The number of anilines is 2. The van der Waals surface area contributed by atoms with Crippen molar-refractivity contribution in [2.45, 2.75) is 32.6 Å². The summed E-state index contributed by atoms with van der Waals surface area (Å²) in [6.45, 7) is 6.24. The topological polar surface area (TPSA) is 71.2 Å². The van der Waals surface area contributed by atoms with Gasteiger partial charge in [-0.1, -0.05) is 19.9 Å². The van der Waals surface area contributed by atoms with Crippen LogP contribution in [0.25, 0.3) is 9.88 Å². The second-order valence-electron chi connectivity index (χ2n) is 8.20. The van der Waals surface area contributed by atoms with Crippen LogP contribution in [-0.4, -0.2) is 30.5 Å². The third kappa shape index (κ3) is 4.81. The van der Waals surface area contributed by atoms with Gasteiger partial charge >= 0.3 is 0 Å². The molecular weight excluding hydrogens is 431 g/mol. The van der Waals surface area contributed by atoms with Crippen LogP contribution in [0.1, 0.15) is 48.7 Å². The molecule has 3 heterocycles. The normalized spacial score (nSPS) is 16.7. The molecule has 0 spiro atoms. The number of thiophene rings is 1. The Morgan fingerprint density at radius 3 is 2.94 bits per heavy atom. The Labute approximate surface area is 190 Å². The smallest absolute Gasteiger partial charge is 0.275 e. The maximum absolute atomic E-state index is 14.8. The molecule has 31 heavy (non-hydrogen) atoms. The van der Waals surface area contributed by atoms with Crippen molar-refractivity contribution in [1.82, 2.24) is 4.98 Å². The van der Waals surface area contributed by atoms with Crippen molar-refractivity contribution >= 4 is 40.0 Å². The summed E-state index contributed by atoms with van der Waals surface area (Å²) in [6, 6.07) is 7.26. The van der Waals surface area contributed by atoms with E-state index in [2.05, 4.69) is 15.2 Å². The van der Waals surface area contributed by atoms with Crippen LogP contribution in [0.4, 0.5) is 15.8 Å². The molecule has 164 valence electrons. The zero-order chi connectivity index (χ0) is 22.0. The highest BCUT2D eigenvalue weighted by atomic mass is 32.1. The van der Waals surface area contributed by atoms with Crippen molar-refractivity contribution in [2.75, 3.05) is 29.9 Å². The fraction of sp³-hybridized carbons (Fsp3) is 0.391. The highest BCUT2D eigenvalue weighted by Gasteiger charge is 2.24. The van der Waals surface area contributed by atoms with E-state index >= 15 is 0 Å². The van der Waals surface area contributed by atoms with Gasteiger partial charge in [0, 0.05) is 18.5 Å². The Morgan fingerprint density at radius 1 is 1.39 bits per heavy atom. The second kappa shape index (κ2) is 9.46. The van der Waals surface area contributed by atoms with Gasteiger partial charge in [0.25, 0.3) is 5.91 Å². The van der Waals surface area contributed by atoms with E-state index < -0.39 is 0 Å². The molecule has 1 amide bonds. The number of halogens is 1. The number of amides is 1. The Kier molecular flexibility index (Phi) is 6.69. The van der Waals surface area contributed by atoms with Crippen molar-refractivity contribution in [3.8, 4) is 9.88 Å². The van der Waals surface area contributed by atoms with Crippen molar-refractivity contribution < 1.29 is 9.18 Å². The van der Waals surface area contributed by atoms with Crippen LogP contribution in [0.2, 0.25) is 0 Å². The van der Waals surface area contributed by atoms with Crippen molar-refractivity contribution in [3.05, 3.63) is 52.1 Å². The van der Waals surface area contributed by atoms with Crippen LogP contribution < -0.4 is 16.0 Å². The fourth-order valence-corrected chi connectivity index (χ4v) is 5.55. The van der Waals surface area contributed by atoms with Crippen LogP contribution in [0, 0.1) is 11.7 Å². The summed E-state index contributed by atoms with van der Waals surface area (Å²) in [7, 11) is 0. The van der Waals surface area contributed by atoms with Gasteiger partial charge in [0.2, 0.25) is 0 Å². The standard InChI is InChI=1S/C23H27FN4OS2/c1-14(2)16-9-20(28-7-3-5-15(11-25)12-28)18(10-17(16)24)26-22(29)19-13-31-23(27-19)21-6-4-8-30-21/h4,6,8-10,13-15H,3,5,7,11-12,25H2,1-2H3,(H,26,29). The number of aromatic nitrogens is 1. The highest BCUT2D eigenvalue weighted by Crippen LogP contribution is 2.35. The minimum atomic E-state index is -0.329. The third-order valence-electron chi connectivity index (χ3n) is 5.65. The van der Waals surface area contributed by atoms with Crippen LogP contribution >= 0.6 is 22.7 Å². The molecule has 1 unspecified atom stereocenters. The van der Waals surface area contributed by atoms with E-state index in [4.69, 9.17) is 5.73 Å². The lowest BCUT2D eigenvalue weighted by Crippen LogP contribution is -2.39. The first-order valence-electron chi connectivity index (χ1n) is 10.6. The lowest BCUT2D eigenvalue weighted by Gasteiger charge is -2.35. The van der Waals surface area contributed by atoms with Gasteiger partial charge in [0.15, 0.2) is 0 Å². The largest absolute Gasteiger partial charge is 0.370 e. The Hall–Kier alpha value is -2.29. The molecule has 1 aromatic carbocycles. The lowest BCUT2D eigenvalue weighted by molar-refractivity contribution is 0.102. The SMILES string of the molecule is CC(C)c1cc(N2CCCC(CN)C2)c(NC(=O)c2csc(-c3cccs3)n2)cc1F. The summed E-state index contributed by atoms with van der Waals surface area (Å²) < 4.78 is 14.8. The number of hydrogen-bond donors (Lipinski definition) is 2. The number of carbonyl (C=O) groups excluding carboxylic acids is 1. The van der Waals surface area contributed by atoms with Crippen LogP contribution in [0.3, 0.4) is 0 Å². The Bertz CT molecular complexity index is 1050. The van der Waals surface area contributed by atoms with Gasteiger partial charge in [0.05, 0.1) is 16.3 Å². The Balaban J connectivity index is 1.63. The molecule has 1 fully saturated rings. The summed E-state index contributed by atoms with van der Waals surface area (Å²) in [4.78, 5) is 20.7. The molecule has 0 aliphatic carbocycles. The maximum Gasteiger partial charge on any atom is 0.275 e. The number of nitrogens with one attached hydrogen (secondary N) is 1. The summed E-state index contributed by atoms with van der Waals surface area (Å²) >= 11 is 3.02. The molecule has 1 saturated heterocycles. The minimum absolute atomic E-state index is 0.0468. The van der Waals surface area contributed by atoms with Gasteiger partial charge < -0.3 is 16.0 Å². The van der Waals surface area contributed by atoms with E-state index in [1.165, 1.54) is 17.4 Å². The first kappa shape index (κ1) is 21.9. The van der Waals surface area contributed by atoms with Crippen LogP contribution in [0.15, 0.2) is 35.0 Å². The first-order valence-corrected chi connectivity index (χ1v) is 12.3. The van der Waals surface area contributed by atoms with Gasteiger partial charge in [-0.15, -0.1) is 22.7 Å². The zero-order valence-corrected chi connectivity index (χ0v) is 19.4. The van der Waals surface area contributed by atoms with Crippen LogP contribution in [-0.2, 0) is 0 Å². The number of rotatable bonds is 6. The molecule has 4 rings (SSSR count). The molecule has 0 saturated carbocycles. The molecule has 1 aliphatic heterocycles. The molecule has 5 nitrogen and oxygen atoms in total. The predicted molar refractivity (Wildman–Crippen MR) is 128 cm³/mol. The molecule has 3 aromatic rings. The number of thiazole rings is 1. The minimum Gasteiger partial charge on any atom is -0.370 e. The molecule has 0 radical (unpaired) electrons. The quantitative estimate of drug-likeness (QED) is 0.507. The van der Waals surface area contributed by atoms with Gasteiger partial charge in [-0.3, -0.25) is 4.79 Å². The summed E-state index contributed by atoms with van der Waals surface area (Å²) in [5.74, 6) is -0.189. The first-order chi connectivity index (χ1) is 15.0. The maximum atomic E-state index is 14.8. The molecular formula is C23H27FN4OS2. The van der Waals surface area contributed by atoms with E-state index in [1.807, 2.05) is 37.4 Å². The Morgan fingerprint density at radius 2 is 2.23 bits per heavy atom.